The summed E-state index contributed by atoms with van der Waals surface area (Å²) in [6, 6.07) is 0. The summed E-state index contributed by atoms with van der Waals surface area (Å²) in [4.78, 5) is 0. The molecular weight excluding hydrogens is 90.1 g/mol. The van der Waals surface area contributed by atoms with Crippen LogP contribution in [0, 0.1) is 0 Å². The van der Waals surface area contributed by atoms with E-state index < -0.39 is 6.98 Å². The highest BCUT2D eigenvalue weighted by Crippen LogP contribution is 1.92. The number of aromatic nitrogens is 2. The molecule has 3 nitrogen and oxygen atoms in total. The van der Waals surface area contributed by atoms with E-state index in [0.29, 0.717) is 4.68 Å². The SMILES string of the molecule is [2H]c1c(N)cnn1C([2H])([2H])[2H]. The summed E-state index contributed by atoms with van der Waals surface area (Å²) in [5.74, 6) is 0. The first-order valence-corrected chi connectivity index (χ1v) is 1.73. The summed E-state index contributed by atoms with van der Waals surface area (Å²) in [6.45, 7) is -2.41. The molecule has 3 heteroatoms. The fourth-order valence-electron chi connectivity index (χ4n) is 0.300. The predicted octanol–water partition coefficient (Wildman–Crippen LogP) is 0.00230. The topological polar surface area (TPSA) is 43.8 Å². The average molecular weight is 101 g/mol. The first kappa shape index (κ1) is 1.51. The molecule has 0 aliphatic heterocycles. The average Bonchev–Trinajstić information content (AvgIpc) is 2.11. The van der Waals surface area contributed by atoms with Crippen molar-refractivity contribution in [3.05, 3.63) is 12.4 Å². The van der Waals surface area contributed by atoms with Crippen LogP contribution >= 0.6 is 0 Å². The van der Waals surface area contributed by atoms with E-state index in [4.69, 9.17) is 11.2 Å². The van der Waals surface area contributed by atoms with Gasteiger partial charge in [-0.2, -0.15) is 5.10 Å². The smallest absolute Gasteiger partial charge is 0.0859 e. The van der Waals surface area contributed by atoms with E-state index in [0.717, 1.165) is 6.20 Å². The van der Waals surface area contributed by atoms with Gasteiger partial charge in [0.2, 0.25) is 0 Å². The fourth-order valence-corrected chi connectivity index (χ4v) is 0.300. The Morgan fingerprint density at radius 3 is 3.43 bits per heavy atom. The lowest BCUT2D eigenvalue weighted by Crippen LogP contribution is -1.84. The Bertz CT molecular complexity index is 263. The number of nitrogens with zero attached hydrogens (tertiary/aromatic N) is 2. The highest BCUT2D eigenvalue weighted by Gasteiger charge is 1.82. The molecule has 0 aliphatic carbocycles. The molecule has 1 aromatic heterocycles. The van der Waals surface area contributed by atoms with Crippen LogP contribution < -0.4 is 5.73 Å². The van der Waals surface area contributed by atoms with Gasteiger partial charge in [0, 0.05) is 17.3 Å². The number of nitrogen functional groups attached to an aromatic ring is 1. The van der Waals surface area contributed by atoms with Crippen molar-refractivity contribution in [2.45, 2.75) is 0 Å². The van der Waals surface area contributed by atoms with Crippen LogP contribution in [0.25, 0.3) is 0 Å². The molecule has 1 rings (SSSR count). The molecule has 0 aromatic carbocycles. The van der Waals surface area contributed by atoms with Crippen molar-refractivity contribution in [3.63, 3.8) is 0 Å². The lowest BCUT2D eigenvalue weighted by atomic mass is 10.6. The minimum atomic E-state index is -2.41. The molecule has 0 spiro atoms. The van der Waals surface area contributed by atoms with Crippen LogP contribution in [0.2, 0.25) is 0 Å². The van der Waals surface area contributed by atoms with Crippen molar-refractivity contribution in [2.24, 2.45) is 6.98 Å². The van der Waals surface area contributed by atoms with Crippen LogP contribution in [0.3, 0.4) is 0 Å². The quantitative estimate of drug-likeness (QED) is 0.500. The number of hydrogen-bond donors (Lipinski definition) is 1. The van der Waals surface area contributed by atoms with Gasteiger partial charge < -0.3 is 5.73 Å². The van der Waals surface area contributed by atoms with Crippen molar-refractivity contribution in [3.8, 4) is 0 Å². The van der Waals surface area contributed by atoms with E-state index in [2.05, 4.69) is 5.10 Å². The van der Waals surface area contributed by atoms with Crippen LogP contribution in [0.5, 0.6) is 0 Å². The van der Waals surface area contributed by atoms with Crippen LogP contribution in [-0.2, 0) is 6.98 Å². The molecule has 0 atom stereocenters. The Morgan fingerprint density at radius 1 is 2.29 bits per heavy atom. The van der Waals surface area contributed by atoms with Crippen LogP contribution in [-0.4, -0.2) is 9.78 Å². The van der Waals surface area contributed by atoms with E-state index in [-0.39, 0.29) is 11.9 Å². The minimum absolute atomic E-state index is 0.0705. The first-order chi connectivity index (χ1) is 4.93. The summed E-state index contributed by atoms with van der Waals surface area (Å²) in [5, 5.41) is 3.43. The van der Waals surface area contributed by atoms with E-state index >= 15 is 0 Å². The summed E-state index contributed by atoms with van der Waals surface area (Å²) < 4.78 is 28.4. The fraction of sp³-hybridized carbons (Fsp3) is 0.250. The highest BCUT2D eigenvalue weighted by molar-refractivity contribution is 5.30. The van der Waals surface area contributed by atoms with Gasteiger partial charge in [0.1, 0.15) is 0 Å². The van der Waals surface area contributed by atoms with Gasteiger partial charge in [-0.3, -0.25) is 4.68 Å². The Kier molecular flexibility index (Phi) is 0.270. The zero-order valence-electron chi connectivity index (χ0n) is 7.55. The number of anilines is 1. The van der Waals surface area contributed by atoms with Gasteiger partial charge in [-0.25, -0.2) is 0 Å². The maximum atomic E-state index is 7.15. The van der Waals surface area contributed by atoms with Gasteiger partial charge >= 0.3 is 0 Å². The predicted molar refractivity (Wildman–Crippen MR) is 27.6 cm³/mol. The Morgan fingerprint density at radius 2 is 3.14 bits per heavy atom. The van der Waals surface area contributed by atoms with Gasteiger partial charge in [-0.15, -0.1) is 0 Å². The molecular formula is C4H7N3. The number of nitrogens with two attached hydrogens (primary N) is 1. The second-order valence-electron chi connectivity index (χ2n) is 1.12. The molecule has 0 bridgehead atoms. The largest absolute Gasteiger partial charge is 0.396 e. The molecule has 0 unspecified atom stereocenters. The molecule has 0 radical (unpaired) electrons. The van der Waals surface area contributed by atoms with Crippen LogP contribution in [0.15, 0.2) is 12.4 Å². The number of hydrogen-bond acceptors (Lipinski definition) is 2. The molecule has 0 fully saturated rings. The second-order valence-corrected chi connectivity index (χ2v) is 1.12. The maximum Gasteiger partial charge on any atom is 0.0859 e. The molecule has 0 saturated heterocycles. The van der Waals surface area contributed by atoms with E-state index in [1.165, 1.54) is 0 Å². The Balaban J connectivity index is 3.15. The molecule has 7 heavy (non-hydrogen) atoms. The van der Waals surface area contributed by atoms with Crippen LogP contribution in [0.1, 0.15) is 5.48 Å². The third-order valence-electron chi connectivity index (χ3n) is 0.547. The van der Waals surface area contributed by atoms with Gasteiger partial charge in [-0.05, 0) is 0 Å². The molecule has 0 amide bonds. The minimum Gasteiger partial charge on any atom is -0.396 e. The summed E-state index contributed by atoms with van der Waals surface area (Å²) in [5.41, 5.74) is 5.29. The Labute approximate surface area is 47.4 Å². The van der Waals surface area contributed by atoms with Gasteiger partial charge in [0.15, 0.2) is 0 Å². The normalized spacial score (nSPS) is 19.4. The second kappa shape index (κ2) is 1.26. The summed E-state index contributed by atoms with van der Waals surface area (Å²) >= 11 is 0. The lowest BCUT2D eigenvalue weighted by Gasteiger charge is -1.78. The number of rotatable bonds is 0. The van der Waals surface area contributed by atoms with E-state index in [1.54, 1.807) is 0 Å². The Hall–Kier alpha value is -0.990. The van der Waals surface area contributed by atoms with E-state index in [9.17, 15) is 0 Å². The van der Waals surface area contributed by atoms with Gasteiger partial charge in [0.25, 0.3) is 0 Å². The standard InChI is InChI=1S/C4H7N3/c1-7-3-4(5)2-6-7/h2-3H,5H2,1H3/i1D3,3D. The molecule has 1 heterocycles. The third-order valence-corrected chi connectivity index (χ3v) is 0.547. The van der Waals surface area contributed by atoms with Crippen molar-refractivity contribution in [2.75, 3.05) is 5.73 Å². The highest BCUT2D eigenvalue weighted by atomic mass is 15.2. The summed E-state index contributed by atoms with van der Waals surface area (Å²) in [7, 11) is 0. The molecule has 2 N–H and O–H groups in total. The zero-order chi connectivity index (χ0) is 8.65. The molecule has 1 aromatic rings. The number of aryl methyl sites for hydroxylation is 1. The first-order valence-electron chi connectivity index (χ1n) is 3.73. The molecule has 38 valence electrons. The van der Waals surface area contributed by atoms with E-state index in [1.807, 2.05) is 0 Å². The maximum absolute atomic E-state index is 7.15. The van der Waals surface area contributed by atoms with Crippen LogP contribution in [0.4, 0.5) is 5.69 Å². The monoisotopic (exact) mass is 101 g/mol. The third kappa shape index (κ3) is 0.707. The van der Waals surface area contributed by atoms with Crippen molar-refractivity contribution < 1.29 is 5.48 Å². The van der Waals surface area contributed by atoms with Gasteiger partial charge in [-0.1, -0.05) is 0 Å². The van der Waals surface area contributed by atoms with Gasteiger partial charge in [0.05, 0.1) is 13.3 Å². The molecule has 0 aliphatic rings. The lowest BCUT2D eigenvalue weighted by molar-refractivity contribution is 0.768. The van der Waals surface area contributed by atoms with Crippen molar-refractivity contribution in [1.29, 1.82) is 0 Å². The zero-order valence-corrected chi connectivity index (χ0v) is 3.55. The van der Waals surface area contributed by atoms with Crippen molar-refractivity contribution in [1.82, 2.24) is 9.78 Å². The van der Waals surface area contributed by atoms with Crippen molar-refractivity contribution >= 4 is 5.69 Å². The molecule has 0 saturated carbocycles. The summed E-state index contributed by atoms with van der Waals surface area (Å²) in [6.07, 6.45) is 0.874.